The highest BCUT2D eigenvalue weighted by Gasteiger charge is 2.22. The van der Waals surface area contributed by atoms with E-state index < -0.39 is 0 Å². The molecule has 1 aromatic rings. The third-order valence-electron chi connectivity index (χ3n) is 2.37. The molecular formula is C9H10BrNO. The minimum Gasteiger partial charge on any atom is -0.316 e. The molecule has 1 aliphatic carbocycles. The van der Waals surface area contributed by atoms with E-state index in [1.165, 1.54) is 11.1 Å². The number of nitrogens with one attached hydrogen (secondary N) is 1. The van der Waals surface area contributed by atoms with Crippen LogP contribution in [0.1, 0.15) is 23.6 Å². The average molecular weight is 228 g/mol. The van der Waals surface area contributed by atoms with E-state index in [0.717, 1.165) is 17.3 Å². The largest absolute Gasteiger partial charge is 0.316 e. The molecule has 1 aromatic carbocycles. The van der Waals surface area contributed by atoms with E-state index in [9.17, 15) is 0 Å². The highest BCUT2D eigenvalue weighted by Crippen LogP contribution is 2.34. The van der Waals surface area contributed by atoms with Gasteiger partial charge < -0.3 is 5.21 Å². The third-order valence-corrected chi connectivity index (χ3v) is 3.11. The van der Waals surface area contributed by atoms with Gasteiger partial charge >= 0.3 is 0 Å². The van der Waals surface area contributed by atoms with E-state index in [4.69, 9.17) is 5.21 Å². The lowest BCUT2D eigenvalue weighted by molar-refractivity contribution is 0.126. The number of hydrogen-bond acceptors (Lipinski definition) is 2. The number of fused-ring (bicyclic) bond motifs is 1. The Morgan fingerprint density at radius 3 is 3.08 bits per heavy atom. The summed E-state index contributed by atoms with van der Waals surface area (Å²) in [6.45, 7) is 0. The van der Waals surface area contributed by atoms with Crippen LogP contribution in [0, 0.1) is 0 Å². The molecular weight excluding hydrogens is 218 g/mol. The van der Waals surface area contributed by atoms with Crippen LogP contribution in [-0.4, -0.2) is 5.21 Å². The molecule has 64 valence electrons. The minimum atomic E-state index is 0.123. The Kier molecular flexibility index (Phi) is 2.17. The number of halogens is 1. The maximum atomic E-state index is 8.84. The molecule has 3 heteroatoms. The quantitative estimate of drug-likeness (QED) is 0.723. The van der Waals surface area contributed by atoms with Crippen LogP contribution >= 0.6 is 15.9 Å². The van der Waals surface area contributed by atoms with Gasteiger partial charge in [0.15, 0.2) is 0 Å². The molecule has 1 aliphatic rings. The fourth-order valence-electron chi connectivity index (χ4n) is 1.74. The van der Waals surface area contributed by atoms with Crippen molar-refractivity contribution in [2.45, 2.75) is 18.9 Å². The average Bonchev–Trinajstić information content (AvgIpc) is 2.49. The van der Waals surface area contributed by atoms with Crippen LogP contribution in [0.15, 0.2) is 22.7 Å². The van der Waals surface area contributed by atoms with Crippen LogP contribution in [0.5, 0.6) is 0 Å². The highest BCUT2D eigenvalue weighted by atomic mass is 79.9. The van der Waals surface area contributed by atoms with Crippen molar-refractivity contribution in [3.05, 3.63) is 33.8 Å². The van der Waals surface area contributed by atoms with Gasteiger partial charge in [0.2, 0.25) is 0 Å². The smallest absolute Gasteiger partial charge is 0.0575 e. The van der Waals surface area contributed by atoms with E-state index in [2.05, 4.69) is 27.5 Å². The molecule has 0 saturated carbocycles. The Morgan fingerprint density at radius 1 is 1.50 bits per heavy atom. The number of hydroxylamine groups is 1. The van der Waals surface area contributed by atoms with Crippen molar-refractivity contribution in [2.24, 2.45) is 0 Å². The first kappa shape index (κ1) is 8.23. The van der Waals surface area contributed by atoms with Gasteiger partial charge in [0, 0.05) is 4.47 Å². The second-order valence-electron chi connectivity index (χ2n) is 3.03. The molecule has 0 bridgehead atoms. The van der Waals surface area contributed by atoms with Crippen molar-refractivity contribution in [3.63, 3.8) is 0 Å². The summed E-state index contributed by atoms with van der Waals surface area (Å²) in [5.41, 5.74) is 4.86. The van der Waals surface area contributed by atoms with Crippen LogP contribution in [0.4, 0.5) is 0 Å². The van der Waals surface area contributed by atoms with Gasteiger partial charge in [-0.05, 0) is 30.0 Å². The van der Waals surface area contributed by atoms with Crippen molar-refractivity contribution in [1.82, 2.24) is 5.48 Å². The van der Waals surface area contributed by atoms with Gasteiger partial charge in [-0.1, -0.05) is 28.1 Å². The first-order valence-corrected chi connectivity index (χ1v) is 4.79. The first-order chi connectivity index (χ1) is 5.83. The lowest BCUT2D eigenvalue weighted by Gasteiger charge is -2.08. The van der Waals surface area contributed by atoms with Crippen molar-refractivity contribution in [1.29, 1.82) is 0 Å². The van der Waals surface area contributed by atoms with Crippen molar-refractivity contribution >= 4 is 15.9 Å². The molecule has 0 aromatic heterocycles. The van der Waals surface area contributed by atoms with Crippen molar-refractivity contribution in [3.8, 4) is 0 Å². The molecule has 0 spiro atoms. The second kappa shape index (κ2) is 3.17. The van der Waals surface area contributed by atoms with E-state index in [1.54, 1.807) is 0 Å². The van der Waals surface area contributed by atoms with Crippen LogP contribution in [0.3, 0.4) is 0 Å². The molecule has 1 atom stereocenters. The molecule has 0 fully saturated rings. The summed E-state index contributed by atoms with van der Waals surface area (Å²) in [6, 6.07) is 6.22. The molecule has 0 amide bonds. The summed E-state index contributed by atoms with van der Waals surface area (Å²) in [5, 5.41) is 8.84. The van der Waals surface area contributed by atoms with E-state index in [1.807, 2.05) is 12.1 Å². The van der Waals surface area contributed by atoms with Gasteiger partial charge in [-0.15, -0.1) is 0 Å². The molecule has 1 unspecified atom stereocenters. The Labute approximate surface area is 79.7 Å². The van der Waals surface area contributed by atoms with Crippen LogP contribution in [-0.2, 0) is 6.42 Å². The molecule has 0 saturated heterocycles. The maximum absolute atomic E-state index is 8.84. The molecule has 2 N–H and O–H groups in total. The third kappa shape index (κ3) is 1.18. The molecule has 2 nitrogen and oxygen atoms in total. The van der Waals surface area contributed by atoms with E-state index >= 15 is 0 Å². The zero-order valence-electron chi connectivity index (χ0n) is 6.55. The number of hydrogen-bond donors (Lipinski definition) is 2. The Hall–Kier alpha value is -0.380. The summed E-state index contributed by atoms with van der Waals surface area (Å²) in [5.74, 6) is 0. The van der Waals surface area contributed by atoms with Gasteiger partial charge in [0.05, 0.1) is 6.04 Å². The summed E-state index contributed by atoms with van der Waals surface area (Å²) in [7, 11) is 0. The molecule has 0 heterocycles. The van der Waals surface area contributed by atoms with Crippen molar-refractivity contribution < 1.29 is 5.21 Å². The summed E-state index contributed by atoms with van der Waals surface area (Å²) in [6.07, 6.45) is 2.02. The predicted octanol–water partition coefficient (Wildman–Crippen LogP) is 2.42. The molecule has 2 rings (SSSR count). The fraction of sp³-hybridized carbons (Fsp3) is 0.333. The summed E-state index contributed by atoms with van der Waals surface area (Å²) in [4.78, 5) is 0. The fourth-order valence-corrected chi connectivity index (χ4v) is 2.32. The molecule has 0 aliphatic heterocycles. The lowest BCUT2D eigenvalue weighted by Crippen LogP contribution is -2.13. The number of benzene rings is 1. The SMILES string of the molecule is ONC1CCc2c(Br)cccc21. The number of rotatable bonds is 1. The van der Waals surface area contributed by atoms with E-state index in [0.29, 0.717) is 0 Å². The van der Waals surface area contributed by atoms with E-state index in [-0.39, 0.29) is 6.04 Å². The van der Waals surface area contributed by atoms with Gasteiger partial charge in [-0.3, -0.25) is 0 Å². The minimum absolute atomic E-state index is 0.123. The Morgan fingerprint density at radius 2 is 2.33 bits per heavy atom. The topological polar surface area (TPSA) is 32.3 Å². The highest BCUT2D eigenvalue weighted by molar-refractivity contribution is 9.10. The van der Waals surface area contributed by atoms with Crippen molar-refractivity contribution in [2.75, 3.05) is 0 Å². The Balaban J connectivity index is 2.46. The standard InChI is InChI=1S/C9H10BrNO/c10-8-3-1-2-7-6(8)4-5-9(7)11-12/h1-3,9,11-12H,4-5H2. The summed E-state index contributed by atoms with van der Waals surface area (Å²) < 4.78 is 1.15. The second-order valence-corrected chi connectivity index (χ2v) is 3.88. The van der Waals surface area contributed by atoms with Crippen LogP contribution in [0.2, 0.25) is 0 Å². The maximum Gasteiger partial charge on any atom is 0.0575 e. The Bertz CT molecular complexity index is 301. The zero-order chi connectivity index (χ0) is 8.55. The molecule has 12 heavy (non-hydrogen) atoms. The normalized spacial score (nSPS) is 21.0. The van der Waals surface area contributed by atoms with Gasteiger partial charge in [-0.2, -0.15) is 5.48 Å². The summed E-state index contributed by atoms with van der Waals surface area (Å²) >= 11 is 3.49. The van der Waals surface area contributed by atoms with Gasteiger partial charge in [0.25, 0.3) is 0 Å². The van der Waals surface area contributed by atoms with Crippen LogP contribution < -0.4 is 5.48 Å². The first-order valence-electron chi connectivity index (χ1n) is 4.00. The monoisotopic (exact) mass is 227 g/mol. The van der Waals surface area contributed by atoms with Gasteiger partial charge in [0.1, 0.15) is 0 Å². The lowest BCUT2D eigenvalue weighted by atomic mass is 10.1. The van der Waals surface area contributed by atoms with Crippen LogP contribution in [0.25, 0.3) is 0 Å². The zero-order valence-corrected chi connectivity index (χ0v) is 8.13. The predicted molar refractivity (Wildman–Crippen MR) is 50.1 cm³/mol. The van der Waals surface area contributed by atoms with Gasteiger partial charge in [-0.25, -0.2) is 0 Å². The molecule has 0 radical (unpaired) electrons.